The first-order chi connectivity index (χ1) is 7.34. The number of rotatable bonds is 5. The molecular formula is C12H14O3. The molecule has 0 aromatic heterocycles. The molecule has 1 saturated carbocycles. The largest absolute Gasteiger partial charge is 0.491 e. The van der Waals surface area contributed by atoms with Crippen molar-refractivity contribution in [2.75, 3.05) is 13.2 Å². The number of ketones is 1. The van der Waals surface area contributed by atoms with Crippen LogP contribution in [0, 0.1) is 0 Å². The third-order valence-electron chi connectivity index (χ3n) is 2.36. The predicted octanol–water partition coefficient (Wildman–Crippen LogP) is 1.81. The second-order valence-electron chi connectivity index (χ2n) is 3.60. The van der Waals surface area contributed by atoms with Crippen molar-refractivity contribution in [2.24, 2.45) is 0 Å². The maximum absolute atomic E-state index is 10.7. The second-order valence-corrected chi connectivity index (χ2v) is 3.60. The van der Waals surface area contributed by atoms with Crippen molar-refractivity contribution in [3.63, 3.8) is 0 Å². The lowest BCUT2D eigenvalue weighted by molar-refractivity contribution is -0.134. The fraction of sp³-hybridized carbons (Fsp3) is 0.417. The van der Waals surface area contributed by atoms with Crippen LogP contribution in [-0.4, -0.2) is 25.1 Å². The van der Waals surface area contributed by atoms with E-state index in [4.69, 9.17) is 9.47 Å². The third kappa shape index (κ3) is 3.06. The van der Waals surface area contributed by atoms with Gasteiger partial charge in [-0.25, -0.2) is 0 Å². The Morgan fingerprint density at radius 3 is 2.53 bits per heavy atom. The number of Topliss-reactive ketones (excluding diaryl/α,β-unsaturated/α-hetero) is 1. The van der Waals surface area contributed by atoms with Crippen molar-refractivity contribution < 1.29 is 14.3 Å². The molecule has 1 fully saturated rings. The average Bonchev–Trinajstić information content (AvgIpc) is 2.23. The van der Waals surface area contributed by atoms with E-state index in [-0.39, 0.29) is 6.10 Å². The Kier molecular flexibility index (Phi) is 3.35. The number of hydrogen-bond acceptors (Lipinski definition) is 3. The maximum Gasteiger partial charge on any atom is 0.138 e. The zero-order valence-corrected chi connectivity index (χ0v) is 8.52. The summed E-state index contributed by atoms with van der Waals surface area (Å²) in [5.41, 5.74) is 0. The molecule has 0 amide bonds. The third-order valence-corrected chi connectivity index (χ3v) is 2.36. The van der Waals surface area contributed by atoms with Gasteiger partial charge in [0.1, 0.15) is 18.1 Å². The number of hydrogen-bond donors (Lipinski definition) is 0. The van der Waals surface area contributed by atoms with Gasteiger partial charge in [-0.1, -0.05) is 18.2 Å². The predicted molar refractivity (Wildman–Crippen MR) is 55.9 cm³/mol. The Hall–Kier alpha value is -1.35. The number of carbonyl (C=O) groups excluding carboxylic acids is 1. The van der Waals surface area contributed by atoms with Gasteiger partial charge in [-0.2, -0.15) is 0 Å². The first-order valence-electron chi connectivity index (χ1n) is 5.16. The number of ether oxygens (including phenoxy) is 2. The van der Waals surface area contributed by atoms with E-state index in [0.717, 1.165) is 5.75 Å². The summed E-state index contributed by atoms with van der Waals surface area (Å²) >= 11 is 0. The van der Waals surface area contributed by atoms with Crippen LogP contribution in [0.15, 0.2) is 30.3 Å². The summed E-state index contributed by atoms with van der Waals surface area (Å²) in [6.07, 6.45) is 1.29. The van der Waals surface area contributed by atoms with E-state index in [2.05, 4.69) is 0 Å². The summed E-state index contributed by atoms with van der Waals surface area (Å²) in [6.45, 7) is 1.08. The molecule has 3 nitrogen and oxygen atoms in total. The van der Waals surface area contributed by atoms with E-state index >= 15 is 0 Å². The van der Waals surface area contributed by atoms with Crippen molar-refractivity contribution in [3.8, 4) is 5.75 Å². The topological polar surface area (TPSA) is 35.5 Å². The summed E-state index contributed by atoms with van der Waals surface area (Å²) in [6, 6.07) is 9.63. The number of carbonyl (C=O) groups is 1. The van der Waals surface area contributed by atoms with Crippen molar-refractivity contribution in [2.45, 2.75) is 18.9 Å². The maximum atomic E-state index is 10.7. The van der Waals surface area contributed by atoms with E-state index in [1.54, 1.807) is 0 Å². The van der Waals surface area contributed by atoms with Gasteiger partial charge in [-0.15, -0.1) is 0 Å². The van der Waals surface area contributed by atoms with E-state index in [0.29, 0.717) is 31.8 Å². The Morgan fingerprint density at radius 2 is 1.87 bits per heavy atom. The quantitative estimate of drug-likeness (QED) is 0.689. The average molecular weight is 206 g/mol. The van der Waals surface area contributed by atoms with E-state index in [1.807, 2.05) is 30.3 Å². The van der Waals surface area contributed by atoms with Gasteiger partial charge >= 0.3 is 0 Å². The lowest BCUT2D eigenvalue weighted by Crippen LogP contribution is -2.32. The highest BCUT2D eigenvalue weighted by molar-refractivity contribution is 5.85. The smallest absolute Gasteiger partial charge is 0.138 e. The SMILES string of the molecule is O=C1CC(OCCOc2ccccc2)C1. The fourth-order valence-corrected chi connectivity index (χ4v) is 1.46. The molecule has 0 radical (unpaired) electrons. The Morgan fingerprint density at radius 1 is 1.13 bits per heavy atom. The summed E-state index contributed by atoms with van der Waals surface area (Å²) in [5, 5.41) is 0. The molecular weight excluding hydrogens is 192 g/mol. The first kappa shape index (κ1) is 10.2. The fourth-order valence-electron chi connectivity index (χ4n) is 1.46. The molecule has 0 spiro atoms. The second kappa shape index (κ2) is 4.94. The van der Waals surface area contributed by atoms with Crippen molar-refractivity contribution in [1.29, 1.82) is 0 Å². The van der Waals surface area contributed by atoms with E-state index < -0.39 is 0 Å². The lowest BCUT2D eigenvalue weighted by atomic mass is 9.94. The van der Waals surface area contributed by atoms with Gasteiger partial charge in [0.15, 0.2) is 0 Å². The highest BCUT2D eigenvalue weighted by atomic mass is 16.5. The Bertz CT molecular complexity index is 313. The zero-order chi connectivity index (χ0) is 10.5. The van der Waals surface area contributed by atoms with Crippen LogP contribution >= 0.6 is 0 Å². The molecule has 1 aromatic rings. The normalized spacial score (nSPS) is 16.1. The van der Waals surface area contributed by atoms with Crippen LogP contribution in [0.3, 0.4) is 0 Å². The number of para-hydroxylation sites is 1. The monoisotopic (exact) mass is 206 g/mol. The van der Waals surface area contributed by atoms with Gasteiger partial charge in [0.05, 0.1) is 12.7 Å². The van der Waals surface area contributed by atoms with Gasteiger partial charge in [0, 0.05) is 12.8 Å². The van der Waals surface area contributed by atoms with Gasteiger partial charge in [0.2, 0.25) is 0 Å². The van der Waals surface area contributed by atoms with Crippen LogP contribution < -0.4 is 4.74 Å². The minimum absolute atomic E-state index is 0.136. The minimum atomic E-state index is 0.136. The molecule has 3 heteroatoms. The standard InChI is InChI=1S/C12H14O3/c13-10-8-12(9-10)15-7-6-14-11-4-2-1-3-5-11/h1-5,12H,6-9H2. The molecule has 0 bridgehead atoms. The molecule has 0 unspecified atom stereocenters. The van der Waals surface area contributed by atoms with Crippen LogP contribution in [0.2, 0.25) is 0 Å². The Balaban J connectivity index is 1.57. The van der Waals surface area contributed by atoms with Crippen LogP contribution in [0.5, 0.6) is 5.75 Å². The van der Waals surface area contributed by atoms with Crippen molar-refractivity contribution in [3.05, 3.63) is 30.3 Å². The van der Waals surface area contributed by atoms with Crippen LogP contribution in [-0.2, 0) is 9.53 Å². The van der Waals surface area contributed by atoms with Gasteiger partial charge in [-0.05, 0) is 12.1 Å². The van der Waals surface area contributed by atoms with Crippen LogP contribution in [0.25, 0.3) is 0 Å². The number of benzene rings is 1. The van der Waals surface area contributed by atoms with Crippen molar-refractivity contribution >= 4 is 5.78 Å². The Labute approximate surface area is 89.0 Å². The summed E-state index contributed by atoms with van der Waals surface area (Å²) in [5.74, 6) is 1.15. The molecule has 1 aliphatic rings. The molecule has 0 atom stereocenters. The van der Waals surface area contributed by atoms with E-state index in [1.165, 1.54) is 0 Å². The van der Waals surface area contributed by atoms with Gasteiger partial charge in [0.25, 0.3) is 0 Å². The van der Waals surface area contributed by atoms with E-state index in [9.17, 15) is 4.79 Å². The molecule has 80 valence electrons. The van der Waals surface area contributed by atoms with Crippen LogP contribution in [0.1, 0.15) is 12.8 Å². The molecule has 0 saturated heterocycles. The summed E-state index contributed by atoms with van der Waals surface area (Å²) in [7, 11) is 0. The van der Waals surface area contributed by atoms with Gasteiger partial charge in [-0.3, -0.25) is 4.79 Å². The molecule has 1 aliphatic carbocycles. The summed E-state index contributed by atoms with van der Waals surface area (Å²) < 4.78 is 10.9. The molecule has 0 heterocycles. The highest BCUT2D eigenvalue weighted by Gasteiger charge is 2.26. The molecule has 1 aromatic carbocycles. The minimum Gasteiger partial charge on any atom is -0.491 e. The molecule has 2 rings (SSSR count). The molecule has 15 heavy (non-hydrogen) atoms. The first-order valence-corrected chi connectivity index (χ1v) is 5.16. The van der Waals surface area contributed by atoms with Gasteiger partial charge < -0.3 is 9.47 Å². The molecule has 0 N–H and O–H groups in total. The van der Waals surface area contributed by atoms with Crippen LogP contribution in [0.4, 0.5) is 0 Å². The molecule has 0 aliphatic heterocycles. The van der Waals surface area contributed by atoms with Crippen molar-refractivity contribution in [1.82, 2.24) is 0 Å². The lowest BCUT2D eigenvalue weighted by Gasteiger charge is -2.24. The highest BCUT2D eigenvalue weighted by Crippen LogP contribution is 2.17. The zero-order valence-electron chi connectivity index (χ0n) is 8.52. The summed E-state index contributed by atoms with van der Waals surface area (Å²) in [4.78, 5) is 10.7.